The van der Waals surface area contributed by atoms with Crippen LogP contribution in [0.4, 0.5) is 4.79 Å². The molecule has 4 amide bonds. The molecule has 3 N–H and O–H groups in total. The summed E-state index contributed by atoms with van der Waals surface area (Å²) in [6, 6.07) is -2.72. The highest BCUT2D eigenvalue weighted by Gasteiger charge is 2.58. The Bertz CT molecular complexity index is 1020. The average molecular weight is 543 g/mol. The van der Waals surface area contributed by atoms with E-state index in [1.807, 2.05) is 12.2 Å². The first-order chi connectivity index (χ1) is 18.5. The van der Waals surface area contributed by atoms with Gasteiger partial charge in [-0.25, -0.2) is 4.79 Å². The van der Waals surface area contributed by atoms with E-state index >= 15 is 0 Å². The minimum absolute atomic E-state index is 0.0252. The lowest BCUT2D eigenvalue weighted by atomic mass is 9.88. The number of carbonyl (C=O) groups is 5. The minimum atomic E-state index is -1.05. The molecule has 2 aliphatic carbocycles. The molecule has 0 bridgehead atoms. The van der Waals surface area contributed by atoms with Gasteiger partial charge in [-0.1, -0.05) is 24.3 Å². The second kappa shape index (κ2) is 13.1. The summed E-state index contributed by atoms with van der Waals surface area (Å²) in [7, 11) is 0. The smallest absolute Gasteiger partial charge is 0.408 e. The van der Waals surface area contributed by atoms with Crippen LogP contribution in [0.25, 0.3) is 0 Å². The van der Waals surface area contributed by atoms with Crippen LogP contribution >= 0.6 is 0 Å². The number of ether oxygens (including phenoxy) is 1. The van der Waals surface area contributed by atoms with Gasteiger partial charge in [-0.05, 0) is 71.1 Å². The fourth-order valence-electron chi connectivity index (χ4n) is 5.33. The number of piperidine rings is 1. The van der Waals surface area contributed by atoms with Gasteiger partial charge in [-0.15, -0.1) is 13.2 Å². The molecule has 0 aromatic carbocycles. The van der Waals surface area contributed by atoms with Crippen molar-refractivity contribution >= 4 is 29.6 Å². The summed E-state index contributed by atoms with van der Waals surface area (Å²) in [5, 5.41) is 7.96. The number of hydrogen-bond acceptors (Lipinski definition) is 6. The van der Waals surface area contributed by atoms with Crippen molar-refractivity contribution in [2.45, 2.75) is 83.0 Å². The molecule has 1 saturated heterocycles. The molecule has 2 fully saturated rings. The molecule has 0 radical (unpaired) electrons. The molecule has 10 heteroatoms. The van der Waals surface area contributed by atoms with Gasteiger partial charge in [0.2, 0.25) is 17.6 Å². The highest BCUT2D eigenvalue weighted by Crippen LogP contribution is 2.50. The van der Waals surface area contributed by atoms with E-state index in [0.29, 0.717) is 13.0 Å². The largest absolute Gasteiger partial charge is 0.444 e. The predicted molar refractivity (Wildman–Crippen MR) is 146 cm³/mol. The molecule has 3 aliphatic rings. The third kappa shape index (κ3) is 8.03. The standard InChI is InChI=1S/C29H42N4O6/c1-6-8-14-21(24(34)26(36)30-15-7-2)31-25(35)23-20-16-19(20)17-33(23)27(37)22(18-12-10-9-11-13-18)32-28(38)39-29(3,4)5/h6-7,10,12,18-23H,1-2,8-9,11,13-17H2,3-5H3,(H,30,36)(H,31,35)(H,32,38)/t18?,19-,20-,21?,22-,23-/m0/s1. The zero-order chi connectivity index (χ0) is 28.7. The number of nitrogens with one attached hydrogen (secondary N) is 3. The van der Waals surface area contributed by atoms with Gasteiger partial charge in [-0.2, -0.15) is 0 Å². The Morgan fingerprint density at radius 3 is 2.49 bits per heavy atom. The molecular formula is C29H42N4O6. The number of fused-ring (bicyclic) bond motifs is 1. The van der Waals surface area contributed by atoms with Gasteiger partial charge in [-0.3, -0.25) is 19.2 Å². The van der Waals surface area contributed by atoms with E-state index in [-0.39, 0.29) is 36.6 Å². The SMILES string of the molecule is C=CCCC(NC(=O)[C@@H]1[C@H]2C[C@H]2CN1C(=O)[C@@H](NC(=O)OC(C)(C)C)C1C=CCCC1)C(=O)C(=O)NCC=C. The summed E-state index contributed by atoms with van der Waals surface area (Å²) >= 11 is 0. The molecule has 0 spiro atoms. The van der Waals surface area contributed by atoms with E-state index in [4.69, 9.17) is 4.74 Å². The van der Waals surface area contributed by atoms with Crippen molar-refractivity contribution in [3.63, 3.8) is 0 Å². The molecule has 1 saturated carbocycles. The summed E-state index contributed by atoms with van der Waals surface area (Å²) in [4.78, 5) is 66.8. The molecule has 214 valence electrons. The molecule has 1 aliphatic heterocycles. The lowest BCUT2D eigenvalue weighted by Gasteiger charge is -2.34. The molecule has 0 aromatic heterocycles. The number of carbonyl (C=O) groups excluding carboxylic acids is 5. The van der Waals surface area contributed by atoms with Crippen molar-refractivity contribution in [2.24, 2.45) is 17.8 Å². The molecule has 6 atom stereocenters. The second-order valence-electron chi connectivity index (χ2n) is 11.5. The Hall–Kier alpha value is -3.43. The number of amides is 4. The maximum Gasteiger partial charge on any atom is 0.408 e. The van der Waals surface area contributed by atoms with E-state index in [9.17, 15) is 24.0 Å². The third-order valence-corrected chi connectivity index (χ3v) is 7.28. The number of alkyl carbamates (subject to hydrolysis) is 1. The lowest BCUT2D eigenvalue weighted by Crippen LogP contribution is -2.59. The number of allylic oxidation sites excluding steroid dienone is 2. The molecule has 2 unspecified atom stereocenters. The van der Waals surface area contributed by atoms with Crippen LogP contribution in [0.2, 0.25) is 0 Å². The molecular weight excluding hydrogens is 500 g/mol. The number of ketones is 1. The number of rotatable bonds is 12. The number of nitrogens with zero attached hydrogens (tertiary/aromatic N) is 1. The maximum atomic E-state index is 13.9. The van der Waals surface area contributed by atoms with Crippen LogP contribution in [0.15, 0.2) is 37.5 Å². The first-order valence-corrected chi connectivity index (χ1v) is 13.8. The Morgan fingerprint density at radius 2 is 1.87 bits per heavy atom. The van der Waals surface area contributed by atoms with E-state index in [1.165, 1.54) is 11.0 Å². The number of hydrogen-bond donors (Lipinski definition) is 3. The summed E-state index contributed by atoms with van der Waals surface area (Å²) in [6.45, 7) is 13.0. The van der Waals surface area contributed by atoms with Crippen LogP contribution in [0, 0.1) is 17.8 Å². The first-order valence-electron chi connectivity index (χ1n) is 13.8. The van der Waals surface area contributed by atoms with E-state index in [1.54, 1.807) is 26.8 Å². The zero-order valence-corrected chi connectivity index (χ0v) is 23.2. The Kier molecular flexibility index (Phi) is 10.1. The van der Waals surface area contributed by atoms with Crippen molar-refractivity contribution in [1.29, 1.82) is 0 Å². The van der Waals surface area contributed by atoms with E-state index in [0.717, 1.165) is 25.7 Å². The monoisotopic (exact) mass is 542 g/mol. The van der Waals surface area contributed by atoms with Crippen molar-refractivity contribution in [3.05, 3.63) is 37.5 Å². The Morgan fingerprint density at radius 1 is 1.13 bits per heavy atom. The van der Waals surface area contributed by atoms with Gasteiger partial charge in [0.1, 0.15) is 17.7 Å². The van der Waals surface area contributed by atoms with E-state index < -0.39 is 47.4 Å². The van der Waals surface area contributed by atoms with Crippen molar-refractivity contribution in [2.75, 3.05) is 13.1 Å². The summed E-state index contributed by atoms with van der Waals surface area (Å²) < 4.78 is 5.43. The topological polar surface area (TPSA) is 134 Å². The van der Waals surface area contributed by atoms with Crippen LogP contribution in [-0.2, 0) is 23.9 Å². The Labute approximate surface area is 230 Å². The average Bonchev–Trinajstić information content (AvgIpc) is 3.55. The molecule has 10 nitrogen and oxygen atoms in total. The van der Waals surface area contributed by atoms with E-state index in [2.05, 4.69) is 29.1 Å². The van der Waals surface area contributed by atoms with Crippen molar-refractivity contribution < 1.29 is 28.7 Å². The fourth-order valence-corrected chi connectivity index (χ4v) is 5.33. The first kappa shape index (κ1) is 30.1. The summed E-state index contributed by atoms with van der Waals surface area (Å²) in [5.74, 6) is -2.44. The summed E-state index contributed by atoms with van der Waals surface area (Å²) in [5.41, 5.74) is -0.733. The molecule has 39 heavy (non-hydrogen) atoms. The quantitative estimate of drug-likeness (QED) is 0.256. The zero-order valence-electron chi connectivity index (χ0n) is 23.2. The van der Waals surface area contributed by atoms with Gasteiger partial charge in [0, 0.05) is 19.0 Å². The summed E-state index contributed by atoms with van der Waals surface area (Å²) in [6.07, 6.45) is 10.3. The van der Waals surface area contributed by atoms with Crippen molar-refractivity contribution in [3.8, 4) is 0 Å². The highest BCUT2D eigenvalue weighted by molar-refractivity contribution is 6.38. The fraction of sp³-hybridized carbons (Fsp3) is 0.621. The van der Waals surface area contributed by atoms with Gasteiger partial charge in [0.15, 0.2) is 0 Å². The number of likely N-dealkylation sites (tertiary alicyclic amines) is 1. The second-order valence-corrected chi connectivity index (χ2v) is 11.5. The van der Waals surface area contributed by atoms with Gasteiger partial charge in [0.25, 0.3) is 5.91 Å². The maximum absolute atomic E-state index is 13.9. The van der Waals surface area contributed by atoms with Gasteiger partial charge in [0.05, 0.1) is 6.04 Å². The van der Waals surface area contributed by atoms with Crippen LogP contribution in [0.5, 0.6) is 0 Å². The van der Waals surface area contributed by atoms with Crippen LogP contribution in [0.3, 0.4) is 0 Å². The van der Waals surface area contributed by atoms with Gasteiger partial charge < -0.3 is 25.6 Å². The predicted octanol–water partition coefficient (Wildman–Crippen LogP) is 2.41. The minimum Gasteiger partial charge on any atom is -0.444 e. The van der Waals surface area contributed by atoms with Crippen LogP contribution < -0.4 is 16.0 Å². The number of Topliss-reactive ketones (excluding diaryl/α,β-unsaturated/α-hetero) is 1. The Balaban J connectivity index is 1.78. The van der Waals surface area contributed by atoms with Crippen LogP contribution in [0.1, 0.15) is 59.3 Å². The normalized spacial score (nSPS) is 24.9. The molecule has 3 rings (SSSR count). The van der Waals surface area contributed by atoms with Crippen LogP contribution in [-0.4, -0.2) is 71.3 Å². The third-order valence-electron chi connectivity index (χ3n) is 7.28. The molecule has 1 heterocycles. The lowest BCUT2D eigenvalue weighted by molar-refractivity contribution is -0.144. The highest BCUT2D eigenvalue weighted by atomic mass is 16.6. The molecule has 0 aromatic rings. The van der Waals surface area contributed by atoms with Crippen molar-refractivity contribution in [1.82, 2.24) is 20.9 Å². The van der Waals surface area contributed by atoms with Gasteiger partial charge >= 0.3 is 6.09 Å².